The Bertz CT molecular complexity index is 1370. The molecule has 2 aliphatic rings. The number of rotatable bonds is 1. The molecule has 0 fully saturated rings. The quantitative estimate of drug-likeness (QED) is 0.320. The largest absolute Gasteiger partial charge is 0.457 e. The molecule has 0 N–H and O–H groups in total. The minimum absolute atomic E-state index is 0.0753. The monoisotopic (exact) mass is 437 g/mol. The van der Waals surface area contributed by atoms with Gasteiger partial charge in [-0.25, -0.2) is 0 Å². The number of nitrogens with zero attached hydrogens (tertiary/aromatic N) is 1. The van der Waals surface area contributed by atoms with Gasteiger partial charge in [0.15, 0.2) is 0 Å². The Morgan fingerprint density at radius 3 is 2.00 bits per heavy atom. The van der Waals surface area contributed by atoms with Gasteiger partial charge in [0, 0.05) is 22.3 Å². The van der Waals surface area contributed by atoms with Gasteiger partial charge in [-0.3, -0.25) is 9.69 Å². The average Bonchev–Trinajstić information content (AvgIpc) is 3.03. The molecule has 2 heterocycles. The highest BCUT2D eigenvalue weighted by Gasteiger charge is 2.57. The molecule has 0 saturated heterocycles. The second-order valence-electron chi connectivity index (χ2n) is 8.45. The molecule has 0 aromatic heterocycles. The van der Waals surface area contributed by atoms with Crippen molar-refractivity contribution < 1.29 is 9.53 Å². The Morgan fingerprint density at radius 2 is 1.34 bits per heavy atom. The fraction of sp³-hybridized carbons (Fsp3) is 0.107. The normalized spacial score (nSPS) is 15.2. The highest BCUT2D eigenvalue weighted by Crippen LogP contribution is 2.59. The molecule has 0 saturated carbocycles. The van der Waals surface area contributed by atoms with Crippen molar-refractivity contribution in [1.29, 1.82) is 0 Å². The molecule has 0 aliphatic carbocycles. The van der Waals surface area contributed by atoms with Crippen molar-refractivity contribution in [1.82, 2.24) is 0 Å². The summed E-state index contributed by atoms with van der Waals surface area (Å²) in [5.41, 5.74) is 5.44. The van der Waals surface area contributed by atoms with E-state index in [9.17, 15) is 4.79 Å². The number of fused-ring (bicyclic) bond motifs is 6. The van der Waals surface area contributed by atoms with Crippen molar-refractivity contribution in [3.8, 4) is 11.5 Å². The zero-order valence-electron chi connectivity index (χ0n) is 17.7. The molecule has 0 atom stereocenters. The average molecular weight is 438 g/mol. The lowest BCUT2D eigenvalue weighted by atomic mass is 9.74. The van der Waals surface area contributed by atoms with E-state index in [1.165, 1.54) is 0 Å². The molecule has 6 rings (SSSR count). The number of amides is 1. The van der Waals surface area contributed by atoms with Crippen molar-refractivity contribution in [2.75, 3.05) is 4.90 Å². The highest BCUT2D eigenvalue weighted by molar-refractivity contribution is 6.34. The van der Waals surface area contributed by atoms with Gasteiger partial charge in [0.25, 0.3) is 5.91 Å². The molecule has 4 aromatic carbocycles. The first-order chi connectivity index (χ1) is 15.5. The molecule has 4 heteroatoms. The summed E-state index contributed by atoms with van der Waals surface area (Å²) in [5, 5.41) is 0.529. The second kappa shape index (κ2) is 6.72. The van der Waals surface area contributed by atoms with E-state index >= 15 is 0 Å². The van der Waals surface area contributed by atoms with Crippen molar-refractivity contribution in [3.63, 3.8) is 0 Å². The van der Waals surface area contributed by atoms with Gasteiger partial charge in [-0.15, -0.1) is 0 Å². The van der Waals surface area contributed by atoms with Crippen LogP contribution in [0.2, 0.25) is 5.02 Å². The van der Waals surface area contributed by atoms with E-state index in [1.54, 1.807) is 0 Å². The number of halogens is 1. The first-order valence-corrected chi connectivity index (χ1v) is 11.0. The van der Waals surface area contributed by atoms with Crippen LogP contribution in [0.15, 0.2) is 84.9 Å². The summed E-state index contributed by atoms with van der Waals surface area (Å²) in [5.74, 6) is 1.43. The van der Waals surface area contributed by atoms with Gasteiger partial charge in [0.05, 0.1) is 10.7 Å². The van der Waals surface area contributed by atoms with Crippen LogP contribution in [-0.4, -0.2) is 5.91 Å². The maximum atomic E-state index is 14.0. The molecule has 0 bridgehead atoms. The van der Waals surface area contributed by atoms with Gasteiger partial charge in [-0.1, -0.05) is 66.2 Å². The highest BCUT2D eigenvalue weighted by atomic mass is 35.5. The summed E-state index contributed by atoms with van der Waals surface area (Å²) in [4.78, 5) is 15.9. The van der Waals surface area contributed by atoms with Crippen LogP contribution in [0.25, 0.3) is 0 Å². The molecule has 156 valence electrons. The van der Waals surface area contributed by atoms with E-state index in [0.717, 1.165) is 39.3 Å². The predicted molar refractivity (Wildman–Crippen MR) is 127 cm³/mol. The Balaban J connectivity index is 1.81. The number of ether oxygens (including phenoxy) is 1. The van der Waals surface area contributed by atoms with Gasteiger partial charge in [-0.2, -0.15) is 0 Å². The number of hydrogen-bond acceptors (Lipinski definition) is 2. The number of carbonyl (C=O) groups is 1. The van der Waals surface area contributed by atoms with Crippen molar-refractivity contribution in [3.05, 3.63) is 123 Å². The third-order valence-corrected chi connectivity index (χ3v) is 6.77. The zero-order valence-corrected chi connectivity index (χ0v) is 18.5. The van der Waals surface area contributed by atoms with Crippen molar-refractivity contribution in [2.24, 2.45) is 0 Å². The van der Waals surface area contributed by atoms with Crippen LogP contribution in [0, 0.1) is 13.8 Å². The van der Waals surface area contributed by atoms with E-state index in [-0.39, 0.29) is 5.91 Å². The summed E-state index contributed by atoms with van der Waals surface area (Å²) in [6, 6.07) is 27.7. The zero-order chi connectivity index (χ0) is 22.0. The lowest BCUT2D eigenvalue weighted by Crippen LogP contribution is -2.47. The molecular formula is C28H20ClNO2. The van der Waals surface area contributed by atoms with Gasteiger partial charge in [0.1, 0.15) is 17.0 Å². The third kappa shape index (κ3) is 2.40. The van der Waals surface area contributed by atoms with Gasteiger partial charge in [0.2, 0.25) is 0 Å². The summed E-state index contributed by atoms with van der Waals surface area (Å²) in [6.07, 6.45) is 0. The van der Waals surface area contributed by atoms with Gasteiger partial charge >= 0.3 is 0 Å². The first-order valence-electron chi connectivity index (χ1n) is 10.6. The second-order valence-corrected chi connectivity index (χ2v) is 8.86. The Kier molecular flexibility index (Phi) is 4.02. The Morgan fingerprint density at radius 1 is 0.750 bits per heavy atom. The van der Waals surface area contributed by atoms with E-state index in [0.29, 0.717) is 16.3 Å². The standard InChI is InChI=1S/C28H20ClNO2/c1-17-11-13-21-25(15-17)32-26-16-18(2)12-14-22(26)28(21)20-8-4-3-7-19(20)27(31)30(28)24-10-6-5-9-23(24)29/h3-16H,1-2H3. The molecule has 32 heavy (non-hydrogen) atoms. The fourth-order valence-corrected chi connectivity index (χ4v) is 5.34. The van der Waals surface area contributed by atoms with Crippen molar-refractivity contribution in [2.45, 2.75) is 19.4 Å². The Labute approximate surface area is 191 Å². The van der Waals surface area contributed by atoms with Crippen LogP contribution >= 0.6 is 11.6 Å². The summed E-state index contributed by atoms with van der Waals surface area (Å²) >= 11 is 6.69. The lowest BCUT2D eigenvalue weighted by molar-refractivity contribution is 0.0986. The summed E-state index contributed by atoms with van der Waals surface area (Å²) < 4.78 is 6.42. The number of para-hydroxylation sites is 1. The summed E-state index contributed by atoms with van der Waals surface area (Å²) in [7, 11) is 0. The van der Waals surface area contributed by atoms with E-state index in [1.807, 2.05) is 79.4 Å². The topological polar surface area (TPSA) is 29.5 Å². The molecular weight excluding hydrogens is 418 g/mol. The fourth-order valence-electron chi connectivity index (χ4n) is 5.12. The number of hydrogen-bond donors (Lipinski definition) is 0. The molecule has 3 nitrogen and oxygen atoms in total. The first kappa shape index (κ1) is 19.1. The van der Waals surface area contributed by atoms with Crippen LogP contribution in [-0.2, 0) is 5.54 Å². The molecule has 4 aromatic rings. The van der Waals surface area contributed by atoms with Gasteiger partial charge in [-0.05, 0) is 55.3 Å². The SMILES string of the molecule is Cc1ccc2c(c1)Oc1cc(C)ccc1C21c2ccccc2C(=O)N1c1ccccc1Cl. The lowest BCUT2D eigenvalue weighted by Gasteiger charge is -2.44. The van der Waals surface area contributed by atoms with Crippen LogP contribution in [0.3, 0.4) is 0 Å². The molecule has 1 spiro atoms. The van der Waals surface area contributed by atoms with Crippen LogP contribution < -0.4 is 9.64 Å². The smallest absolute Gasteiger partial charge is 0.260 e. The maximum absolute atomic E-state index is 14.0. The number of carbonyl (C=O) groups excluding carboxylic acids is 1. The maximum Gasteiger partial charge on any atom is 0.260 e. The molecule has 0 unspecified atom stereocenters. The molecule has 0 radical (unpaired) electrons. The minimum Gasteiger partial charge on any atom is -0.457 e. The predicted octanol–water partition coefficient (Wildman–Crippen LogP) is 7.01. The Hall–Kier alpha value is -3.56. The number of aryl methyl sites for hydroxylation is 2. The van der Waals surface area contributed by atoms with Crippen molar-refractivity contribution >= 4 is 23.2 Å². The van der Waals surface area contributed by atoms with Crippen LogP contribution in [0.5, 0.6) is 11.5 Å². The van der Waals surface area contributed by atoms with E-state index in [4.69, 9.17) is 16.3 Å². The van der Waals surface area contributed by atoms with E-state index in [2.05, 4.69) is 24.3 Å². The van der Waals surface area contributed by atoms with Crippen LogP contribution in [0.1, 0.15) is 38.2 Å². The van der Waals surface area contributed by atoms with Crippen LogP contribution in [0.4, 0.5) is 5.69 Å². The third-order valence-electron chi connectivity index (χ3n) is 6.45. The summed E-state index contributed by atoms with van der Waals surface area (Å²) in [6.45, 7) is 4.09. The molecule has 2 aliphatic heterocycles. The van der Waals surface area contributed by atoms with Gasteiger partial charge < -0.3 is 4.74 Å². The number of anilines is 1. The van der Waals surface area contributed by atoms with E-state index < -0.39 is 5.54 Å². The molecule has 1 amide bonds. The minimum atomic E-state index is -0.886. The number of benzene rings is 4.